The van der Waals surface area contributed by atoms with Gasteiger partial charge in [0.15, 0.2) is 0 Å². The van der Waals surface area contributed by atoms with Crippen LogP contribution in [0.25, 0.3) is 5.57 Å². The summed E-state index contributed by atoms with van der Waals surface area (Å²) >= 11 is 8.35. The van der Waals surface area contributed by atoms with E-state index in [1.165, 1.54) is 14.2 Å². The van der Waals surface area contributed by atoms with Gasteiger partial charge in [-0.3, -0.25) is 4.79 Å². The lowest BCUT2D eigenvalue weighted by Crippen LogP contribution is -2.56. The van der Waals surface area contributed by atoms with Crippen molar-refractivity contribution >= 4 is 69.7 Å². The second-order valence-corrected chi connectivity index (χ2v) is 11.9. The van der Waals surface area contributed by atoms with Crippen LogP contribution in [0.3, 0.4) is 0 Å². The van der Waals surface area contributed by atoms with Crippen LogP contribution in [0.2, 0.25) is 0 Å². The molecule has 0 atom stereocenters. The van der Waals surface area contributed by atoms with Gasteiger partial charge in [-0.1, -0.05) is 66.1 Å². The van der Waals surface area contributed by atoms with Gasteiger partial charge in [0.05, 0.1) is 41.0 Å². The fourth-order valence-electron chi connectivity index (χ4n) is 4.37. The van der Waals surface area contributed by atoms with Gasteiger partial charge in [-0.15, -0.1) is 0 Å². The summed E-state index contributed by atoms with van der Waals surface area (Å²) in [7, 11) is 2.54. The topological polar surface area (TPSA) is 72.9 Å². The number of rotatable bonds is 4. The molecule has 0 saturated heterocycles. The normalized spacial score (nSPS) is 16.6. The summed E-state index contributed by atoms with van der Waals surface area (Å²) in [6.07, 6.45) is 0.231. The van der Waals surface area contributed by atoms with Crippen molar-refractivity contribution in [3.63, 3.8) is 0 Å². The maximum Gasteiger partial charge on any atom is 0.346 e. The molecule has 37 heavy (non-hydrogen) atoms. The number of thioether (sulfide) groups is 2. The van der Waals surface area contributed by atoms with Gasteiger partial charge in [0.1, 0.15) is 9.81 Å². The number of hydrogen-bond donors (Lipinski definition) is 0. The molecule has 2 aliphatic rings. The summed E-state index contributed by atoms with van der Waals surface area (Å²) < 4.78 is 10.5. The highest BCUT2D eigenvalue weighted by molar-refractivity contribution is 8.29. The quantitative estimate of drug-likeness (QED) is 0.269. The number of carbonyl (C=O) groups excluding carboxylic acids is 3. The molecule has 0 spiro atoms. The highest BCUT2D eigenvalue weighted by atomic mass is 32.2. The first kappa shape index (κ1) is 27.2. The van der Waals surface area contributed by atoms with Crippen LogP contribution in [0.1, 0.15) is 36.1 Å². The lowest BCUT2D eigenvalue weighted by atomic mass is 9.81. The lowest BCUT2D eigenvalue weighted by molar-refractivity contribution is -0.138. The molecule has 4 rings (SSSR count). The van der Waals surface area contributed by atoms with E-state index in [9.17, 15) is 14.4 Å². The molecule has 2 aromatic carbocycles. The first-order valence-electron chi connectivity index (χ1n) is 11.6. The summed E-state index contributed by atoms with van der Waals surface area (Å²) in [5.74, 6) is -1.30. The molecule has 0 aliphatic carbocycles. The summed E-state index contributed by atoms with van der Waals surface area (Å²) in [5, 5.41) is 0. The van der Waals surface area contributed by atoms with Crippen molar-refractivity contribution in [2.75, 3.05) is 19.1 Å². The Balaban J connectivity index is 1.89. The number of fused-ring (bicyclic) bond motifs is 1. The van der Waals surface area contributed by atoms with Crippen molar-refractivity contribution in [2.45, 2.75) is 39.7 Å². The second kappa shape index (κ2) is 10.5. The van der Waals surface area contributed by atoms with Gasteiger partial charge in [0.2, 0.25) is 5.91 Å². The van der Waals surface area contributed by atoms with Crippen molar-refractivity contribution in [3.05, 3.63) is 78.8 Å². The minimum absolute atomic E-state index is 0.0672. The Labute approximate surface area is 230 Å². The standard InChI is InChI=1S/C28H27NO5S3/c1-15-12-18-19(13-16(15)2)29(20(30)14-17-10-8-7-9-11-17)28(3,4)24(35)21(18)27-36-22(25(31)33-5)23(37-27)26(32)34-6/h7-13H,14H2,1-6H3. The van der Waals surface area contributed by atoms with Crippen LogP contribution >= 0.6 is 35.7 Å². The fourth-order valence-corrected chi connectivity index (χ4v) is 7.40. The van der Waals surface area contributed by atoms with Crippen LogP contribution in [0.4, 0.5) is 5.69 Å². The number of esters is 2. The lowest BCUT2D eigenvalue weighted by Gasteiger charge is -2.45. The van der Waals surface area contributed by atoms with E-state index in [1.54, 1.807) is 4.90 Å². The predicted molar refractivity (Wildman–Crippen MR) is 153 cm³/mol. The molecule has 0 bridgehead atoms. The van der Waals surface area contributed by atoms with E-state index in [4.69, 9.17) is 21.7 Å². The van der Waals surface area contributed by atoms with Crippen molar-refractivity contribution in [3.8, 4) is 0 Å². The predicted octanol–water partition coefficient (Wildman–Crippen LogP) is 5.75. The Morgan fingerprint density at radius 3 is 2.00 bits per heavy atom. The molecule has 192 valence electrons. The molecular formula is C28H27NO5S3. The van der Waals surface area contributed by atoms with Crippen LogP contribution in [0.15, 0.2) is 56.5 Å². The largest absolute Gasteiger partial charge is 0.465 e. The average molecular weight is 554 g/mol. The van der Waals surface area contributed by atoms with Gasteiger partial charge in [0, 0.05) is 11.1 Å². The highest BCUT2D eigenvalue weighted by Gasteiger charge is 2.46. The number of benzene rings is 2. The van der Waals surface area contributed by atoms with Crippen molar-refractivity contribution in [2.24, 2.45) is 0 Å². The third-order valence-electron chi connectivity index (χ3n) is 6.45. The highest BCUT2D eigenvalue weighted by Crippen LogP contribution is 2.56. The zero-order chi connectivity index (χ0) is 27.1. The zero-order valence-electron chi connectivity index (χ0n) is 21.5. The SMILES string of the molecule is COC(=O)C1=C(C(=O)OC)SC(=C2C(=S)C(C)(C)N(C(=O)Cc3ccccc3)c3cc(C)c(C)cc32)S1. The number of amides is 1. The first-order valence-corrected chi connectivity index (χ1v) is 13.6. The monoisotopic (exact) mass is 553 g/mol. The molecule has 2 aromatic rings. The van der Waals surface area contributed by atoms with E-state index in [1.807, 2.05) is 70.2 Å². The Kier molecular flexibility index (Phi) is 7.69. The number of carbonyl (C=O) groups is 3. The van der Waals surface area contributed by atoms with Crippen LogP contribution < -0.4 is 4.90 Å². The Morgan fingerprint density at radius 1 is 0.919 bits per heavy atom. The molecule has 0 radical (unpaired) electrons. The molecular weight excluding hydrogens is 527 g/mol. The molecule has 0 saturated carbocycles. The van der Waals surface area contributed by atoms with Crippen LogP contribution in [0.5, 0.6) is 0 Å². The Hall–Kier alpha value is -2.88. The van der Waals surface area contributed by atoms with Crippen molar-refractivity contribution in [1.29, 1.82) is 0 Å². The van der Waals surface area contributed by atoms with Gasteiger partial charge >= 0.3 is 11.9 Å². The smallest absolute Gasteiger partial charge is 0.346 e. The molecule has 2 aliphatic heterocycles. The molecule has 0 unspecified atom stereocenters. The number of methoxy groups -OCH3 is 2. The van der Waals surface area contributed by atoms with E-state index in [2.05, 4.69) is 0 Å². The number of aryl methyl sites for hydroxylation is 2. The number of nitrogens with zero attached hydrogens (tertiary/aromatic N) is 1. The van der Waals surface area contributed by atoms with Crippen LogP contribution in [-0.4, -0.2) is 42.5 Å². The molecule has 9 heteroatoms. The van der Waals surface area contributed by atoms with Gasteiger partial charge in [0.25, 0.3) is 0 Å². The van der Waals surface area contributed by atoms with Crippen LogP contribution in [0, 0.1) is 13.8 Å². The Morgan fingerprint density at radius 2 is 1.46 bits per heavy atom. The van der Waals surface area contributed by atoms with Crippen LogP contribution in [-0.2, 0) is 30.3 Å². The summed E-state index contributed by atoms with van der Waals surface area (Å²) in [5.41, 5.74) is 4.42. The second-order valence-electron chi connectivity index (χ2n) is 9.24. The summed E-state index contributed by atoms with van der Waals surface area (Å²) in [6.45, 7) is 7.87. The number of thiocarbonyl (C=S) groups is 1. The zero-order valence-corrected chi connectivity index (χ0v) is 23.9. The number of anilines is 1. The molecule has 2 heterocycles. The van der Waals surface area contributed by atoms with Gasteiger partial charge in [-0.2, -0.15) is 0 Å². The number of hydrogen-bond acceptors (Lipinski definition) is 8. The third-order valence-corrected chi connectivity index (χ3v) is 9.71. The van der Waals surface area contributed by atoms with Crippen molar-refractivity contribution in [1.82, 2.24) is 0 Å². The number of ether oxygens (including phenoxy) is 2. The summed E-state index contributed by atoms with van der Waals surface area (Å²) in [6, 6.07) is 13.6. The average Bonchev–Trinajstić information content (AvgIpc) is 3.30. The maximum absolute atomic E-state index is 13.8. The molecule has 0 fully saturated rings. The molecule has 0 N–H and O–H groups in total. The molecule has 1 amide bonds. The van der Waals surface area contributed by atoms with E-state index in [0.29, 0.717) is 9.10 Å². The Bertz CT molecular complexity index is 1360. The fraction of sp³-hybridized carbons (Fsp3) is 0.286. The first-order chi connectivity index (χ1) is 17.5. The minimum atomic E-state index is -0.848. The molecule has 0 aromatic heterocycles. The molecule has 6 nitrogen and oxygen atoms in total. The maximum atomic E-state index is 13.8. The van der Waals surface area contributed by atoms with E-state index < -0.39 is 17.5 Å². The van der Waals surface area contributed by atoms with Gasteiger partial charge < -0.3 is 14.4 Å². The summed E-state index contributed by atoms with van der Waals surface area (Å²) in [4.78, 5) is 41.5. The van der Waals surface area contributed by atoms with E-state index in [-0.39, 0.29) is 22.1 Å². The van der Waals surface area contributed by atoms with Gasteiger partial charge in [-0.25, -0.2) is 9.59 Å². The van der Waals surface area contributed by atoms with Crippen molar-refractivity contribution < 1.29 is 23.9 Å². The van der Waals surface area contributed by atoms with E-state index in [0.717, 1.165) is 57.0 Å². The van der Waals surface area contributed by atoms with E-state index >= 15 is 0 Å². The van der Waals surface area contributed by atoms with Gasteiger partial charge in [-0.05, 0) is 56.5 Å². The minimum Gasteiger partial charge on any atom is -0.465 e. The third kappa shape index (κ3) is 4.87.